The van der Waals surface area contributed by atoms with Crippen molar-refractivity contribution in [3.8, 4) is 11.1 Å². The van der Waals surface area contributed by atoms with Crippen LogP contribution in [0.3, 0.4) is 0 Å². The highest BCUT2D eigenvalue weighted by molar-refractivity contribution is 7.99. The van der Waals surface area contributed by atoms with Crippen LogP contribution in [0.25, 0.3) is 21.9 Å². The normalized spacial score (nSPS) is 19.0. The molecule has 1 saturated heterocycles. The molecule has 8 rings (SSSR count). The molecule has 1 fully saturated rings. The summed E-state index contributed by atoms with van der Waals surface area (Å²) in [5.41, 5.74) is 7.96. The van der Waals surface area contributed by atoms with Gasteiger partial charge in [0, 0.05) is 9.79 Å². The fourth-order valence-electron chi connectivity index (χ4n) is 6.73. The third kappa shape index (κ3) is 3.08. The van der Waals surface area contributed by atoms with E-state index in [2.05, 4.69) is 131 Å². The van der Waals surface area contributed by atoms with Gasteiger partial charge in [0.1, 0.15) is 0 Å². The van der Waals surface area contributed by atoms with E-state index in [4.69, 9.17) is 9.31 Å². The second-order valence-electron chi connectivity index (χ2n) is 12.0. The van der Waals surface area contributed by atoms with Gasteiger partial charge in [0.2, 0.25) is 0 Å². The predicted octanol–water partition coefficient (Wildman–Crippen LogP) is 7.97. The van der Waals surface area contributed by atoms with Crippen LogP contribution in [0, 0.1) is 0 Å². The summed E-state index contributed by atoms with van der Waals surface area (Å²) in [6.45, 7) is 8.46. The largest absolute Gasteiger partial charge is 0.494 e. The molecule has 0 atom stereocenters. The van der Waals surface area contributed by atoms with E-state index >= 15 is 0 Å². The van der Waals surface area contributed by atoms with E-state index in [1.165, 1.54) is 53.9 Å². The molecule has 0 bridgehead atoms. The fourth-order valence-corrected chi connectivity index (χ4v) is 8.01. The standard InChI is InChI=1S/C35H29BO2S/c1-33(2)34(3,4)38-36(37-33)24-17-18-29-32(21-24)39-31-20-23-12-6-5-11-22(23)19-30(31)35(29)27-15-9-7-13-25(27)26-14-8-10-16-28(26)35/h5-21H,1-4H3. The van der Waals surface area contributed by atoms with Crippen molar-refractivity contribution in [1.82, 2.24) is 0 Å². The molecule has 0 saturated carbocycles. The Morgan fingerprint density at radius 2 is 1.08 bits per heavy atom. The molecule has 2 nitrogen and oxygen atoms in total. The summed E-state index contributed by atoms with van der Waals surface area (Å²) in [4.78, 5) is 2.57. The van der Waals surface area contributed by atoms with Gasteiger partial charge in [-0.15, -0.1) is 0 Å². The first-order valence-corrected chi connectivity index (χ1v) is 14.5. The molecular weight excluding hydrogens is 495 g/mol. The third-order valence-electron chi connectivity index (χ3n) is 9.36. The highest BCUT2D eigenvalue weighted by Crippen LogP contribution is 2.62. The average Bonchev–Trinajstić information content (AvgIpc) is 3.35. The molecule has 1 aliphatic carbocycles. The number of rotatable bonds is 1. The zero-order valence-electron chi connectivity index (χ0n) is 22.6. The second kappa shape index (κ2) is 7.88. The minimum atomic E-state index is -0.391. The van der Waals surface area contributed by atoms with Crippen LogP contribution in [-0.2, 0) is 14.7 Å². The van der Waals surface area contributed by atoms with Crippen molar-refractivity contribution >= 4 is 35.1 Å². The Morgan fingerprint density at radius 3 is 1.72 bits per heavy atom. The van der Waals surface area contributed by atoms with Crippen molar-refractivity contribution in [2.24, 2.45) is 0 Å². The second-order valence-corrected chi connectivity index (χ2v) is 13.1. The van der Waals surface area contributed by atoms with Gasteiger partial charge in [-0.1, -0.05) is 96.7 Å². The molecule has 0 amide bonds. The Labute approximate surface area is 234 Å². The molecule has 4 heteroatoms. The number of fused-ring (bicyclic) bond motifs is 10. The van der Waals surface area contributed by atoms with Crippen molar-refractivity contribution in [2.75, 3.05) is 0 Å². The van der Waals surface area contributed by atoms with Gasteiger partial charge in [0.25, 0.3) is 0 Å². The molecule has 2 aliphatic heterocycles. The average molecular weight is 524 g/mol. The molecule has 1 spiro atoms. The van der Waals surface area contributed by atoms with E-state index in [0.29, 0.717) is 0 Å². The topological polar surface area (TPSA) is 18.5 Å². The van der Waals surface area contributed by atoms with Gasteiger partial charge in [0.05, 0.1) is 16.6 Å². The summed E-state index contributed by atoms with van der Waals surface area (Å²) < 4.78 is 12.9. The van der Waals surface area contributed by atoms with Gasteiger partial charge in [-0.2, -0.15) is 0 Å². The lowest BCUT2D eigenvalue weighted by Gasteiger charge is -2.40. The molecule has 5 aromatic carbocycles. The van der Waals surface area contributed by atoms with E-state index in [0.717, 1.165) is 5.46 Å². The van der Waals surface area contributed by atoms with E-state index in [1.54, 1.807) is 0 Å². The van der Waals surface area contributed by atoms with Gasteiger partial charge in [0.15, 0.2) is 0 Å². The third-order valence-corrected chi connectivity index (χ3v) is 10.5. The van der Waals surface area contributed by atoms with Crippen LogP contribution in [0.5, 0.6) is 0 Å². The minimum Gasteiger partial charge on any atom is -0.399 e. The SMILES string of the molecule is CC1(C)OB(c2ccc3c(c2)Sc2cc4ccccc4cc2C32c3ccccc3-c3ccccc32)OC1(C)C. The summed E-state index contributed by atoms with van der Waals surface area (Å²) in [6, 6.07) is 38.3. The molecule has 0 N–H and O–H groups in total. The van der Waals surface area contributed by atoms with Gasteiger partial charge in [-0.25, -0.2) is 0 Å². The van der Waals surface area contributed by atoms with Crippen LogP contribution in [0.15, 0.2) is 113 Å². The maximum atomic E-state index is 6.47. The summed E-state index contributed by atoms with van der Waals surface area (Å²) in [5, 5.41) is 2.54. The molecule has 0 unspecified atom stereocenters. The molecule has 39 heavy (non-hydrogen) atoms. The first-order chi connectivity index (χ1) is 18.8. The summed E-state index contributed by atoms with van der Waals surface area (Å²) >= 11 is 1.87. The van der Waals surface area contributed by atoms with Crippen molar-refractivity contribution < 1.29 is 9.31 Å². The van der Waals surface area contributed by atoms with Crippen molar-refractivity contribution in [3.05, 3.63) is 125 Å². The lowest BCUT2D eigenvalue weighted by atomic mass is 9.66. The summed E-state index contributed by atoms with van der Waals surface area (Å²) in [6.07, 6.45) is 0. The quantitative estimate of drug-likeness (QED) is 0.203. The van der Waals surface area contributed by atoms with Crippen LogP contribution in [0.1, 0.15) is 49.9 Å². The first kappa shape index (κ1) is 23.6. The summed E-state index contributed by atoms with van der Waals surface area (Å²) in [7, 11) is -0.391. The number of hydrogen-bond acceptors (Lipinski definition) is 3. The fraction of sp³-hybridized carbons (Fsp3) is 0.200. The molecule has 0 aromatic heterocycles. The van der Waals surface area contributed by atoms with Gasteiger partial charge in [-0.3, -0.25) is 0 Å². The lowest BCUT2D eigenvalue weighted by molar-refractivity contribution is 0.00578. The zero-order valence-corrected chi connectivity index (χ0v) is 23.4. The Kier molecular flexibility index (Phi) is 4.76. The zero-order chi connectivity index (χ0) is 26.6. The monoisotopic (exact) mass is 524 g/mol. The van der Waals surface area contributed by atoms with Gasteiger partial charge < -0.3 is 9.31 Å². The minimum absolute atomic E-state index is 0.378. The van der Waals surface area contributed by atoms with Gasteiger partial charge in [-0.05, 0) is 95.5 Å². The van der Waals surface area contributed by atoms with Crippen molar-refractivity contribution in [1.29, 1.82) is 0 Å². The highest BCUT2D eigenvalue weighted by Gasteiger charge is 2.53. The molecular formula is C35H29BO2S. The van der Waals surface area contributed by atoms with Crippen molar-refractivity contribution in [2.45, 2.75) is 54.1 Å². The van der Waals surface area contributed by atoms with Gasteiger partial charge >= 0.3 is 7.12 Å². The highest BCUT2D eigenvalue weighted by atomic mass is 32.2. The molecule has 3 aliphatic rings. The van der Waals surface area contributed by atoms with Crippen LogP contribution in [0.2, 0.25) is 0 Å². The number of benzene rings is 5. The van der Waals surface area contributed by atoms with Crippen molar-refractivity contribution in [3.63, 3.8) is 0 Å². The Balaban J connectivity index is 1.42. The van der Waals surface area contributed by atoms with E-state index in [-0.39, 0.29) is 16.6 Å². The maximum Gasteiger partial charge on any atom is 0.494 e. The number of hydrogen-bond donors (Lipinski definition) is 0. The Morgan fingerprint density at radius 1 is 0.538 bits per heavy atom. The molecule has 5 aromatic rings. The van der Waals surface area contributed by atoms with Crippen LogP contribution in [0.4, 0.5) is 0 Å². The maximum absolute atomic E-state index is 6.47. The Hall–Kier alpha value is -3.31. The lowest BCUT2D eigenvalue weighted by Crippen LogP contribution is -2.41. The van der Waals surface area contributed by atoms with E-state index in [1.807, 2.05) is 11.8 Å². The summed E-state index contributed by atoms with van der Waals surface area (Å²) in [5.74, 6) is 0. The van der Waals surface area contributed by atoms with E-state index < -0.39 is 7.12 Å². The van der Waals surface area contributed by atoms with Crippen LogP contribution in [-0.4, -0.2) is 18.3 Å². The Bertz CT molecular complexity index is 1760. The van der Waals surface area contributed by atoms with E-state index in [9.17, 15) is 0 Å². The van der Waals surface area contributed by atoms with Crippen LogP contribution < -0.4 is 5.46 Å². The molecule has 2 heterocycles. The molecule has 190 valence electrons. The smallest absolute Gasteiger partial charge is 0.399 e. The molecule has 0 radical (unpaired) electrons. The first-order valence-electron chi connectivity index (χ1n) is 13.7. The predicted molar refractivity (Wildman–Crippen MR) is 161 cm³/mol. The van der Waals surface area contributed by atoms with Crippen LogP contribution >= 0.6 is 11.8 Å².